The van der Waals surface area contributed by atoms with E-state index in [0.717, 1.165) is 30.9 Å². The van der Waals surface area contributed by atoms with Crippen molar-refractivity contribution < 1.29 is 24.1 Å². The number of para-hydroxylation sites is 1. The van der Waals surface area contributed by atoms with E-state index in [4.69, 9.17) is 14.2 Å². The summed E-state index contributed by atoms with van der Waals surface area (Å²) in [5.74, 6) is 1.68. The van der Waals surface area contributed by atoms with E-state index < -0.39 is 5.60 Å². The number of hydrogen-bond donors (Lipinski definition) is 2. The fourth-order valence-corrected chi connectivity index (χ4v) is 3.85. The van der Waals surface area contributed by atoms with Gasteiger partial charge in [-0.1, -0.05) is 18.2 Å². The van der Waals surface area contributed by atoms with Gasteiger partial charge in [0, 0.05) is 37.3 Å². The fraction of sp³-hybridized carbons (Fsp3) is 0.435. The minimum atomic E-state index is -0.883. The Balaban J connectivity index is 1.50. The van der Waals surface area contributed by atoms with Crippen LogP contribution in [0.2, 0.25) is 0 Å². The van der Waals surface area contributed by atoms with Gasteiger partial charge in [0.2, 0.25) is 0 Å². The van der Waals surface area contributed by atoms with Crippen LogP contribution < -0.4 is 19.5 Å². The lowest BCUT2D eigenvalue weighted by atomic mass is 9.84. The number of methoxy groups -OCH3 is 3. The van der Waals surface area contributed by atoms with Gasteiger partial charge in [0.15, 0.2) is 11.5 Å². The number of carbonyl (C=O) groups excluding carboxylic acids is 1. The molecule has 1 heterocycles. The van der Waals surface area contributed by atoms with E-state index in [0.29, 0.717) is 36.4 Å². The van der Waals surface area contributed by atoms with Crippen molar-refractivity contribution in [3.8, 4) is 17.2 Å². The number of nitrogens with one attached hydrogen (secondary N) is 1. The maximum atomic E-state index is 12.4. The van der Waals surface area contributed by atoms with E-state index >= 15 is 0 Å². The Morgan fingerprint density at radius 2 is 1.67 bits per heavy atom. The summed E-state index contributed by atoms with van der Waals surface area (Å²) in [5, 5.41) is 14.1. The summed E-state index contributed by atoms with van der Waals surface area (Å²) in [4.78, 5) is 14.7. The molecule has 3 rings (SSSR count). The fourth-order valence-electron chi connectivity index (χ4n) is 3.85. The SMILES string of the molecule is COc1ccc(C(=O)NCCN2CCC(O)(c3ccccc3OC)CC2)cc1OC. The van der Waals surface area contributed by atoms with Crippen LogP contribution in [0, 0.1) is 0 Å². The minimum Gasteiger partial charge on any atom is -0.496 e. The number of benzene rings is 2. The molecule has 0 aromatic heterocycles. The number of carbonyl (C=O) groups is 1. The third-order valence-corrected chi connectivity index (χ3v) is 5.65. The molecule has 0 saturated carbocycles. The highest BCUT2D eigenvalue weighted by atomic mass is 16.5. The van der Waals surface area contributed by atoms with Crippen LogP contribution in [-0.2, 0) is 5.60 Å². The molecule has 0 bridgehead atoms. The molecule has 162 valence electrons. The van der Waals surface area contributed by atoms with Crippen LogP contribution >= 0.6 is 0 Å². The maximum absolute atomic E-state index is 12.4. The summed E-state index contributed by atoms with van der Waals surface area (Å²) >= 11 is 0. The van der Waals surface area contributed by atoms with Gasteiger partial charge in [-0.2, -0.15) is 0 Å². The van der Waals surface area contributed by atoms with E-state index in [1.54, 1.807) is 39.5 Å². The summed E-state index contributed by atoms with van der Waals surface area (Å²) < 4.78 is 15.9. The topological polar surface area (TPSA) is 80.3 Å². The number of piperidine rings is 1. The Morgan fingerprint density at radius 1 is 1.00 bits per heavy atom. The Morgan fingerprint density at radius 3 is 2.33 bits per heavy atom. The van der Waals surface area contributed by atoms with Crippen LogP contribution in [-0.4, -0.2) is 63.4 Å². The van der Waals surface area contributed by atoms with E-state index in [-0.39, 0.29) is 5.91 Å². The highest BCUT2D eigenvalue weighted by molar-refractivity contribution is 5.94. The number of nitrogens with zero attached hydrogens (tertiary/aromatic N) is 1. The first-order valence-corrected chi connectivity index (χ1v) is 10.1. The second-order valence-electron chi connectivity index (χ2n) is 7.40. The van der Waals surface area contributed by atoms with Crippen molar-refractivity contribution in [3.05, 3.63) is 53.6 Å². The summed E-state index contributed by atoms with van der Waals surface area (Å²) in [6, 6.07) is 12.7. The molecule has 1 amide bonds. The molecule has 1 fully saturated rings. The summed E-state index contributed by atoms with van der Waals surface area (Å²) in [7, 11) is 4.73. The first kappa shape index (κ1) is 21.9. The first-order valence-electron chi connectivity index (χ1n) is 10.1. The first-order chi connectivity index (χ1) is 14.5. The number of rotatable bonds is 8. The number of hydrogen-bond acceptors (Lipinski definition) is 6. The van der Waals surface area contributed by atoms with Gasteiger partial charge in [0.1, 0.15) is 5.75 Å². The van der Waals surface area contributed by atoms with E-state index in [2.05, 4.69) is 10.2 Å². The molecule has 7 heteroatoms. The van der Waals surface area contributed by atoms with E-state index in [9.17, 15) is 9.90 Å². The number of ether oxygens (including phenoxy) is 3. The van der Waals surface area contributed by atoms with Crippen LogP contribution in [0.1, 0.15) is 28.8 Å². The molecule has 30 heavy (non-hydrogen) atoms. The van der Waals surface area contributed by atoms with Crippen LogP contribution in [0.3, 0.4) is 0 Å². The Kier molecular flexibility index (Phi) is 7.18. The molecule has 0 radical (unpaired) electrons. The quantitative estimate of drug-likeness (QED) is 0.691. The van der Waals surface area contributed by atoms with Crippen molar-refractivity contribution in [1.82, 2.24) is 10.2 Å². The van der Waals surface area contributed by atoms with Gasteiger partial charge in [-0.05, 0) is 37.1 Å². The maximum Gasteiger partial charge on any atom is 0.251 e. The van der Waals surface area contributed by atoms with Crippen molar-refractivity contribution in [2.24, 2.45) is 0 Å². The lowest BCUT2D eigenvalue weighted by Crippen LogP contribution is -2.45. The zero-order valence-corrected chi connectivity index (χ0v) is 17.8. The number of aliphatic hydroxyl groups is 1. The van der Waals surface area contributed by atoms with Gasteiger partial charge in [-0.3, -0.25) is 4.79 Å². The normalized spacial score (nSPS) is 16.0. The molecule has 2 aromatic rings. The smallest absolute Gasteiger partial charge is 0.251 e. The number of amides is 1. The monoisotopic (exact) mass is 414 g/mol. The molecule has 0 atom stereocenters. The van der Waals surface area contributed by atoms with Crippen molar-refractivity contribution in [2.75, 3.05) is 47.5 Å². The van der Waals surface area contributed by atoms with Crippen LogP contribution in [0.4, 0.5) is 0 Å². The standard InChI is InChI=1S/C23H30N2O5/c1-28-19-7-5-4-6-18(19)23(27)10-13-25(14-11-23)15-12-24-22(26)17-8-9-20(29-2)21(16-17)30-3/h4-9,16,27H,10-15H2,1-3H3,(H,24,26). The van der Waals surface area contributed by atoms with Gasteiger partial charge in [0.05, 0.1) is 26.9 Å². The number of likely N-dealkylation sites (tertiary alicyclic amines) is 1. The Bertz CT molecular complexity index is 862. The molecule has 2 N–H and O–H groups in total. The van der Waals surface area contributed by atoms with Gasteiger partial charge in [0.25, 0.3) is 5.91 Å². The molecule has 0 unspecified atom stereocenters. The Hall–Kier alpha value is -2.77. The van der Waals surface area contributed by atoms with E-state index in [1.165, 1.54) is 0 Å². The molecule has 7 nitrogen and oxygen atoms in total. The highest BCUT2D eigenvalue weighted by Gasteiger charge is 2.35. The Labute approximate surface area is 177 Å². The molecular weight excluding hydrogens is 384 g/mol. The third kappa shape index (κ3) is 4.86. The third-order valence-electron chi connectivity index (χ3n) is 5.65. The van der Waals surface area contributed by atoms with Crippen molar-refractivity contribution in [2.45, 2.75) is 18.4 Å². The van der Waals surface area contributed by atoms with Crippen LogP contribution in [0.5, 0.6) is 17.2 Å². The van der Waals surface area contributed by atoms with Gasteiger partial charge in [-0.15, -0.1) is 0 Å². The molecule has 1 saturated heterocycles. The molecule has 0 aliphatic carbocycles. The second-order valence-corrected chi connectivity index (χ2v) is 7.40. The minimum absolute atomic E-state index is 0.154. The van der Waals surface area contributed by atoms with Crippen LogP contribution in [0.25, 0.3) is 0 Å². The lowest BCUT2D eigenvalue weighted by molar-refractivity contribution is -0.0270. The molecule has 2 aromatic carbocycles. The predicted molar refractivity (Wildman–Crippen MR) is 114 cm³/mol. The van der Waals surface area contributed by atoms with Gasteiger partial charge in [-0.25, -0.2) is 0 Å². The summed E-state index contributed by atoms with van der Waals surface area (Å²) in [6.45, 7) is 2.75. The highest BCUT2D eigenvalue weighted by Crippen LogP contribution is 2.37. The average molecular weight is 415 g/mol. The summed E-state index contributed by atoms with van der Waals surface area (Å²) in [6.07, 6.45) is 1.24. The van der Waals surface area contributed by atoms with Crippen molar-refractivity contribution in [1.29, 1.82) is 0 Å². The zero-order chi connectivity index (χ0) is 21.6. The van der Waals surface area contributed by atoms with E-state index in [1.807, 2.05) is 24.3 Å². The molecule has 1 aliphatic heterocycles. The predicted octanol–water partition coefficient (Wildman–Crippen LogP) is 2.43. The zero-order valence-electron chi connectivity index (χ0n) is 17.8. The van der Waals surface area contributed by atoms with Gasteiger partial charge >= 0.3 is 0 Å². The summed E-state index contributed by atoms with van der Waals surface area (Å²) in [5.41, 5.74) is 0.483. The largest absolute Gasteiger partial charge is 0.496 e. The molecule has 1 aliphatic rings. The molecular formula is C23H30N2O5. The molecule has 0 spiro atoms. The second kappa shape index (κ2) is 9.82. The average Bonchev–Trinajstić information content (AvgIpc) is 2.79. The van der Waals surface area contributed by atoms with Gasteiger partial charge < -0.3 is 29.5 Å². The lowest BCUT2D eigenvalue weighted by Gasteiger charge is -2.39. The van der Waals surface area contributed by atoms with Crippen molar-refractivity contribution in [3.63, 3.8) is 0 Å². The van der Waals surface area contributed by atoms with Crippen LogP contribution in [0.15, 0.2) is 42.5 Å². The van der Waals surface area contributed by atoms with Crippen molar-refractivity contribution >= 4 is 5.91 Å².